The third-order valence-electron chi connectivity index (χ3n) is 3.53. The Morgan fingerprint density at radius 3 is 2.80 bits per heavy atom. The maximum atomic E-state index is 5.97. The molecule has 0 unspecified atom stereocenters. The summed E-state index contributed by atoms with van der Waals surface area (Å²) in [5.41, 5.74) is 1.99. The Morgan fingerprint density at radius 2 is 2.05 bits per heavy atom. The molecule has 110 valence electrons. The minimum absolute atomic E-state index is 0.741. The lowest BCUT2D eigenvalue weighted by Gasteiger charge is -2.17. The molecular formula is C15H23ClN4. The Labute approximate surface area is 125 Å². The predicted molar refractivity (Wildman–Crippen MR) is 85.5 cm³/mol. The maximum absolute atomic E-state index is 5.97. The Balaban J connectivity index is 1.75. The van der Waals surface area contributed by atoms with Crippen LogP contribution in [0, 0.1) is 0 Å². The topological polar surface area (TPSA) is 44.0 Å². The van der Waals surface area contributed by atoms with Crippen LogP contribution >= 0.6 is 11.6 Å². The highest BCUT2D eigenvalue weighted by Crippen LogP contribution is 2.17. The molecule has 0 aliphatic heterocycles. The smallest absolute Gasteiger partial charge is 0.108 e. The number of benzene rings is 1. The van der Waals surface area contributed by atoms with Crippen molar-refractivity contribution in [3.8, 4) is 0 Å². The van der Waals surface area contributed by atoms with Gasteiger partial charge in [0, 0.05) is 31.1 Å². The summed E-state index contributed by atoms with van der Waals surface area (Å²) in [5, 5.41) is 4.20. The summed E-state index contributed by atoms with van der Waals surface area (Å²) in [6.07, 6.45) is 0.907. The molecule has 1 heterocycles. The van der Waals surface area contributed by atoms with Crippen LogP contribution in [-0.2, 0) is 6.42 Å². The molecule has 0 saturated carbocycles. The zero-order valence-corrected chi connectivity index (χ0v) is 13.0. The van der Waals surface area contributed by atoms with Crippen molar-refractivity contribution in [2.24, 2.45) is 0 Å². The molecule has 2 rings (SSSR count). The van der Waals surface area contributed by atoms with E-state index in [1.807, 2.05) is 18.2 Å². The lowest BCUT2D eigenvalue weighted by atomic mass is 10.3. The fourth-order valence-electron chi connectivity index (χ4n) is 2.26. The van der Waals surface area contributed by atoms with Gasteiger partial charge in [-0.15, -0.1) is 0 Å². The highest BCUT2D eigenvalue weighted by atomic mass is 35.5. The first-order valence-electron chi connectivity index (χ1n) is 7.30. The molecule has 2 N–H and O–H groups in total. The van der Waals surface area contributed by atoms with Crippen LogP contribution in [0.1, 0.15) is 19.7 Å². The molecule has 0 fully saturated rings. The van der Waals surface area contributed by atoms with E-state index in [0.29, 0.717) is 0 Å². The summed E-state index contributed by atoms with van der Waals surface area (Å²) in [7, 11) is 0. The van der Waals surface area contributed by atoms with E-state index in [4.69, 9.17) is 11.6 Å². The van der Waals surface area contributed by atoms with Crippen molar-refractivity contribution in [1.29, 1.82) is 0 Å². The Hall–Kier alpha value is -1.10. The molecule has 5 heteroatoms. The second kappa shape index (κ2) is 7.62. The first-order chi connectivity index (χ1) is 9.72. The molecule has 4 nitrogen and oxygen atoms in total. The van der Waals surface area contributed by atoms with Gasteiger partial charge in [0.15, 0.2) is 0 Å². The van der Waals surface area contributed by atoms with E-state index in [-0.39, 0.29) is 0 Å². The van der Waals surface area contributed by atoms with Gasteiger partial charge in [-0.05, 0) is 31.3 Å². The Kier molecular flexibility index (Phi) is 5.83. The van der Waals surface area contributed by atoms with E-state index in [2.05, 4.69) is 34.0 Å². The van der Waals surface area contributed by atoms with Crippen molar-refractivity contribution in [2.75, 3.05) is 32.7 Å². The van der Waals surface area contributed by atoms with Crippen LogP contribution in [0.4, 0.5) is 0 Å². The molecule has 0 saturated heterocycles. The maximum Gasteiger partial charge on any atom is 0.108 e. The van der Waals surface area contributed by atoms with Gasteiger partial charge < -0.3 is 15.2 Å². The molecule has 0 atom stereocenters. The zero-order valence-electron chi connectivity index (χ0n) is 12.2. The van der Waals surface area contributed by atoms with Gasteiger partial charge in [-0.3, -0.25) is 0 Å². The second-order valence-corrected chi connectivity index (χ2v) is 5.31. The minimum Gasteiger partial charge on any atom is -0.342 e. The van der Waals surface area contributed by atoms with Crippen molar-refractivity contribution in [1.82, 2.24) is 20.2 Å². The van der Waals surface area contributed by atoms with Crippen LogP contribution in [-0.4, -0.2) is 47.6 Å². The highest BCUT2D eigenvalue weighted by Gasteiger charge is 2.03. The van der Waals surface area contributed by atoms with Crippen molar-refractivity contribution < 1.29 is 0 Å². The van der Waals surface area contributed by atoms with Gasteiger partial charge in [-0.2, -0.15) is 0 Å². The van der Waals surface area contributed by atoms with E-state index in [0.717, 1.165) is 61.0 Å². The first-order valence-corrected chi connectivity index (χ1v) is 7.68. The van der Waals surface area contributed by atoms with E-state index in [1.54, 1.807) is 0 Å². The summed E-state index contributed by atoms with van der Waals surface area (Å²) in [4.78, 5) is 10.3. The van der Waals surface area contributed by atoms with Crippen molar-refractivity contribution in [3.05, 3.63) is 29.0 Å². The summed E-state index contributed by atoms with van der Waals surface area (Å²) in [5.74, 6) is 1.01. The van der Waals surface area contributed by atoms with Crippen LogP contribution in [0.5, 0.6) is 0 Å². The Bertz CT molecular complexity index is 534. The van der Waals surface area contributed by atoms with E-state index in [9.17, 15) is 0 Å². The largest absolute Gasteiger partial charge is 0.342 e. The minimum atomic E-state index is 0.741. The van der Waals surface area contributed by atoms with E-state index in [1.165, 1.54) is 0 Å². The fourth-order valence-corrected chi connectivity index (χ4v) is 2.43. The van der Waals surface area contributed by atoms with E-state index >= 15 is 0 Å². The molecule has 0 radical (unpaired) electrons. The van der Waals surface area contributed by atoms with Gasteiger partial charge in [0.2, 0.25) is 0 Å². The number of likely N-dealkylation sites (N-methyl/N-ethyl adjacent to an activating group) is 1. The van der Waals surface area contributed by atoms with Gasteiger partial charge >= 0.3 is 0 Å². The first kappa shape index (κ1) is 15.3. The molecule has 2 aromatic rings. The normalized spacial score (nSPS) is 11.6. The Morgan fingerprint density at radius 1 is 1.25 bits per heavy atom. The molecule has 1 aromatic heterocycles. The second-order valence-electron chi connectivity index (χ2n) is 4.87. The van der Waals surface area contributed by atoms with Gasteiger partial charge in [0.25, 0.3) is 0 Å². The number of halogens is 1. The molecule has 0 spiro atoms. The summed E-state index contributed by atoms with van der Waals surface area (Å²) >= 11 is 5.97. The average molecular weight is 295 g/mol. The van der Waals surface area contributed by atoms with Crippen molar-refractivity contribution >= 4 is 22.6 Å². The number of H-pyrrole nitrogens is 1. The molecule has 0 amide bonds. The third kappa shape index (κ3) is 4.20. The lowest BCUT2D eigenvalue weighted by molar-refractivity contribution is 0.303. The average Bonchev–Trinajstić information content (AvgIpc) is 2.84. The monoisotopic (exact) mass is 294 g/mol. The van der Waals surface area contributed by atoms with Crippen LogP contribution in [0.2, 0.25) is 5.02 Å². The number of hydrogen-bond acceptors (Lipinski definition) is 3. The highest BCUT2D eigenvalue weighted by molar-refractivity contribution is 6.31. The van der Waals surface area contributed by atoms with Gasteiger partial charge in [0.1, 0.15) is 5.82 Å². The molecule has 1 aromatic carbocycles. The third-order valence-corrected chi connectivity index (χ3v) is 3.77. The number of imidazole rings is 1. The predicted octanol–water partition coefficient (Wildman–Crippen LogP) is 2.69. The number of aromatic amines is 1. The zero-order chi connectivity index (χ0) is 14.4. The number of nitrogens with one attached hydrogen (secondary N) is 2. The number of rotatable bonds is 8. The van der Waals surface area contributed by atoms with Crippen LogP contribution in [0.15, 0.2) is 18.2 Å². The fraction of sp³-hybridized carbons (Fsp3) is 0.533. The molecular weight excluding hydrogens is 272 g/mol. The van der Waals surface area contributed by atoms with Crippen molar-refractivity contribution in [2.45, 2.75) is 20.3 Å². The summed E-state index contributed by atoms with van der Waals surface area (Å²) in [6.45, 7) is 9.68. The molecule has 0 aliphatic carbocycles. The number of nitrogens with zero attached hydrogens (tertiary/aromatic N) is 2. The molecule has 0 aliphatic rings. The molecule has 0 bridgehead atoms. The standard InChI is InChI=1S/C15H23ClN4/c1-3-20(4-2)10-9-17-8-7-15-18-13-6-5-12(16)11-14(13)19-15/h5-6,11,17H,3-4,7-10H2,1-2H3,(H,18,19). The SMILES string of the molecule is CCN(CC)CCNCCc1nc2ccc(Cl)cc2[nH]1. The van der Waals surface area contributed by atoms with Crippen LogP contribution in [0.3, 0.4) is 0 Å². The van der Waals surface area contributed by atoms with E-state index < -0.39 is 0 Å². The quantitative estimate of drug-likeness (QED) is 0.736. The lowest BCUT2D eigenvalue weighted by Crippen LogP contribution is -2.32. The van der Waals surface area contributed by atoms with Gasteiger partial charge in [0.05, 0.1) is 11.0 Å². The number of fused-ring (bicyclic) bond motifs is 1. The van der Waals surface area contributed by atoms with Crippen LogP contribution < -0.4 is 5.32 Å². The summed E-state index contributed by atoms with van der Waals surface area (Å²) < 4.78 is 0. The van der Waals surface area contributed by atoms with Crippen LogP contribution in [0.25, 0.3) is 11.0 Å². The number of hydrogen-bond donors (Lipinski definition) is 2. The van der Waals surface area contributed by atoms with Gasteiger partial charge in [-0.1, -0.05) is 25.4 Å². The van der Waals surface area contributed by atoms with Crippen molar-refractivity contribution in [3.63, 3.8) is 0 Å². The van der Waals surface area contributed by atoms with Gasteiger partial charge in [-0.25, -0.2) is 4.98 Å². The molecule has 20 heavy (non-hydrogen) atoms. The summed E-state index contributed by atoms with van der Waals surface area (Å²) in [6, 6.07) is 5.74. The number of aromatic nitrogens is 2.